The number of rotatable bonds is 1. The molecule has 0 amide bonds. The molecule has 1 aliphatic rings. The summed E-state index contributed by atoms with van der Waals surface area (Å²) in [6, 6.07) is 3.22. The molecule has 0 aliphatic heterocycles. The second-order valence-corrected chi connectivity index (χ2v) is 5.57. The van der Waals surface area contributed by atoms with Crippen molar-refractivity contribution in [2.45, 2.75) is 24.9 Å². The van der Waals surface area contributed by atoms with Gasteiger partial charge in [0.15, 0.2) is 5.65 Å². The molecule has 0 radical (unpaired) electrons. The van der Waals surface area contributed by atoms with Crippen LogP contribution in [0.1, 0.15) is 19.0 Å². The van der Waals surface area contributed by atoms with Crippen LogP contribution in [0.4, 0.5) is 13.2 Å². The van der Waals surface area contributed by atoms with Gasteiger partial charge in [-0.3, -0.25) is 0 Å². The van der Waals surface area contributed by atoms with E-state index >= 15 is 0 Å². The van der Waals surface area contributed by atoms with Gasteiger partial charge in [-0.15, -0.1) is 0 Å². The van der Waals surface area contributed by atoms with Gasteiger partial charge in [0.1, 0.15) is 5.15 Å². The van der Waals surface area contributed by atoms with Crippen molar-refractivity contribution < 1.29 is 13.2 Å². The molecule has 3 nitrogen and oxygen atoms in total. The van der Waals surface area contributed by atoms with Gasteiger partial charge in [-0.05, 0) is 12.5 Å². The normalized spacial score (nSPS) is 22.6. The van der Waals surface area contributed by atoms with Crippen LogP contribution in [0.2, 0.25) is 5.15 Å². The molecule has 0 fully saturated rings. The highest BCUT2D eigenvalue weighted by Gasteiger charge is 2.38. The Labute approximate surface area is 123 Å². The summed E-state index contributed by atoms with van der Waals surface area (Å²) in [5, 5.41) is 4.31. The van der Waals surface area contributed by atoms with Crippen LogP contribution in [-0.2, 0) is 5.41 Å². The first kappa shape index (κ1) is 14.1. The molecule has 2 aromatic rings. The number of aromatic nitrogens is 3. The van der Waals surface area contributed by atoms with E-state index in [1.54, 1.807) is 19.1 Å². The Kier molecular flexibility index (Phi) is 3.09. The van der Waals surface area contributed by atoms with E-state index in [4.69, 9.17) is 11.6 Å². The molecule has 0 aromatic carbocycles. The molecule has 0 saturated heterocycles. The Balaban J connectivity index is 2.12. The highest BCUT2D eigenvalue weighted by molar-refractivity contribution is 6.29. The molecule has 2 aromatic heterocycles. The predicted octanol–water partition coefficient (Wildman–Crippen LogP) is 4.09. The first-order valence-corrected chi connectivity index (χ1v) is 6.65. The largest absolute Gasteiger partial charge is 0.416 e. The fourth-order valence-electron chi connectivity index (χ4n) is 2.40. The third-order valence-electron chi connectivity index (χ3n) is 3.54. The summed E-state index contributed by atoms with van der Waals surface area (Å²) >= 11 is 6.11. The van der Waals surface area contributed by atoms with Gasteiger partial charge < -0.3 is 0 Å². The Morgan fingerprint density at radius 2 is 2.14 bits per heavy atom. The van der Waals surface area contributed by atoms with E-state index < -0.39 is 17.2 Å². The van der Waals surface area contributed by atoms with E-state index in [-0.39, 0.29) is 0 Å². The van der Waals surface area contributed by atoms with Crippen LogP contribution < -0.4 is 0 Å². The Morgan fingerprint density at radius 1 is 1.38 bits per heavy atom. The Bertz CT molecular complexity index is 760. The fraction of sp³-hybridized carbons (Fsp3) is 0.286. The number of allylic oxidation sites excluding steroid dienone is 4. The lowest BCUT2D eigenvalue weighted by Crippen LogP contribution is -2.26. The van der Waals surface area contributed by atoms with Gasteiger partial charge in [-0.1, -0.05) is 36.8 Å². The number of fused-ring (bicyclic) bond motifs is 1. The lowest BCUT2D eigenvalue weighted by Gasteiger charge is -2.28. The maximum atomic E-state index is 12.9. The van der Waals surface area contributed by atoms with Crippen molar-refractivity contribution in [3.8, 4) is 0 Å². The van der Waals surface area contributed by atoms with Crippen LogP contribution in [0, 0.1) is 0 Å². The summed E-state index contributed by atoms with van der Waals surface area (Å²) in [6.45, 7) is 1.72. The molecule has 0 spiro atoms. The molecule has 1 aliphatic carbocycles. The zero-order valence-corrected chi connectivity index (χ0v) is 11.8. The van der Waals surface area contributed by atoms with Crippen molar-refractivity contribution in [3.05, 3.63) is 53.0 Å². The molecule has 2 heterocycles. The van der Waals surface area contributed by atoms with E-state index in [0.29, 0.717) is 22.9 Å². The molecule has 1 unspecified atom stereocenters. The second kappa shape index (κ2) is 4.59. The summed E-state index contributed by atoms with van der Waals surface area (Å²) in [6.07, 6.45) is 1.42. The molecule has 3 rings (SSSR count). The summed E-state index contributed by atoms with van der Waals surface area (Å²) < 4.78 is 40.1. The van der Waals surface area contributed by atoms with E-state index in [9.17, 15) is 13.2 Å². The standard InChI is InChI=1S/C14H11ClF3N3/c1-13(5-2-3-9(8-13)14(16,17)18)10-7-11(15)21-12(20-10)4-6-19-21/h2-4,6-8H,5H2,1H3. The van der Waals surface area contributed by atoms with Crippen molar-refractivity contribution in [2.75, 3.05) is 0 Å². The van der Waals surface area contributed by atoms with Gasteiger partial charge >= 0.3 is 6.18 Å². The van der Waals surface area contributed by atoms with Gasteiger partial charge in [0.05, 0.1) is 17.5 Å². The van der Waals surface area contributed by atoms with E-state index in [2.05, 4.69) is 10.1 Å². The monoisotopic (exact) mass is 313 g/mol. The van der Waals surface area contributed by atoms with Crippen molar-refractivity contribution in [1.29, 1.82) is 0 Å². The first-order chi connectivity index (χ1) is 9.79. The molecule has 21 heavy (non-hydrogen) atoms. The number of alkyl halides is 3. The van der Waals surface area contributed by atoms with E-state index in [1.807, 2.05) is 0 Å². The lowest BCUT2D eigenvalue weighted by atomic mass is 9.78. The summed E-state index contributed by atoms with van der Waals surface area (Å²) in [5.74, 6) is 0. The van der Waals surface area contributed by atoms with Gasteiger partial charge in [0, 0.05) is 11.5 Å². The number of nitrogens with zero attached hydrogens (tertiary/aromatic N) is 3. The minimum atomic E-state index is -4.37. The number of hydrogen-bond donors (Lipinski definition) is 0. The maximum Gasteiger partial charge on any atom is 0.416 e. The smallest absolute Gasteiger partial charge is 0.233 e. The molecule has 1 atom stereocenters. The molecular formula is C14H11ClF3N3. The number of halogens is 4. The van der Waals surface area contributed by atoms with Crippen LogP contribution in [0.3, 0.4) is 0 Å². The van der Waals surface area contributed by atoms with Crippen molar-refractivity contribution in [2.24, 2.45) is 0 Å². The van der Waals surface area contributed by atoms with Gasteiger partial charge in [-0.2, -0.15) is 18.3 Å². The molecule has 0 N–H and O–H groups in total. The Morgan fingerprint density at radius 3 is 2.86 bits per heavy atom. The number of hydrogen-bond acceptors (Lipinski definition) is 2. The topological polar surface area (TPSA) is 30.2 Å². The van der Waals surface area contributed by atoms with E-state index in [0.717, 1.165) is 6.08 Å². The molecule has 0 saturated carbocycles. The fourth-order valence-corrected chi connectivity index (χ4v) is 2.64. The first-order valence-electron chi connectivity index (χ1n) is 6.27. The molecule has 110 valence electrons. The minimum Gasteiger partial charge on any atom is -0.233 e. The maximum absolute atomic E-state index is 12.9. The third kappa shape index (κ3) is 2.44. The second-order valence-electron chi connectivity index (χ2n) is 5.19. The van der Waals surface area contributed by atoms with E-state index in [1.165, 1.54) is 22.9 Å². The van der Waals surface area contributed by atoms with Crippen molar-refractivity contribution in [1.82, 2.24) is 14.6 Å². The zero-order chi connectivity index (χ0) is 15.3. The average molecular weight is 314 g/mol. The van der Waals surface area contributed by atoms with Gasteiger partial charge in [0.25, 0.3) is 0 Å². The van der Waals surface area contributed by atoms with Crippen LogP contribution in [0.15, 0.2) is 42.1 Å². The predicted molar refractivity (Wildman–Crippen MR) is 73.2 cm³/mol. The van der Waals surface area contributed by atoms with Gasteiger partial charge in [-0.25, -0.2) is 9.50 Å². The highest BCUT2D eigenvalue weighted by Crippen LogP contribution is 2.39. The van der Waals surface area contributed by atoms with Gasteiger partial charge in [0.2, 0.25) is 0 Å². The van der Waals surface area contributed by atoms with Crippen LogP contribution >= 0.6 is 11.6 Å². The summed E-state index contributed by atoms with van der Waals surface area (Å²) in [5.41, 5.74) is -0.515. The molecular weight excluding hydrogens is 303 g/mol. The summed E-state index contributed by atoms with van der Waals surface area (Å²) in [7, 11) is 0. The lowest BCUT2D eigenvalue weighted by molar-refractivity contribution is -0.0890. The third-order valence-corrected chi connectivity index (χ3v) is 3.81. The SMILES string of the molecule is CC1(c2cc(Cl)n3nccc3n2)C=C(C(F)(F)F)C=CC1. The molecule has 7 heteroatoms. The zero-order valence-electron chi connectivity index (χ0n) is 11.0. The summed E-state index contributed by atoms with van der Waals surface area (Å²) in [4.78, 5) is 4.38. The van der Waals surface area contributed by atoms with Crippen molar-refractivity contribution in [3.63, 3.8) is 0 Å². The highest BCUT2D eigenvalue weighted by atomic mass is 35.5. The Hall–Kier alpha value is -1.82. The van der Waals surface area contributed by atoms with Crippen molar-refractivity contribution >= 4 is 17.2 Å². The average Bonchev–Trinajstić information content (AvgIpc) is 2.86. The minimum absolute atomic E-state index is 0.317. The van der Waals surface area contributed by atoms with Crippen LogP contribution in [0.25, 0.3) is 5.65 Å². The molecule has 0 bridgehead atoms. The van der Waals surface area contributed by atoms with Crippen LogP contribution in [-0.4, -0.2) is 20.8 Å². The quantitative estimate of drug-likeness (QED) is 0.742. The van der Waals surface area contributed by atoms with Crippen LogP contribution in [0.5, 0.6) is 0 Å².